The first kappa shape index (κ1) is 45.8. The zero-order valence-corrected chi connectivity index (χ0v) is 38.3. The molecule has 2 heterocycles. The van der Waals surface area contributed by atoms with Gasteiger partial charge in [-0.25, -0.2) is 4.98 Å². The molecular formula is C52H54Cl3N3O3S. The number of carboxylic acids is 1. The van der Waals surface area contributed by atoms with Crippen LogP contribution in [0.3, 0.4) is 0 Å². The standard InChI is InChI=1S/C35H36ClNO3S.C17H18Cl2N2/c1-34(2,40)30-9-4-3-7-25(30)13-17-32(41-23-35(18-19-35)22-33(38)39)27-8-5-6-24(20-27)10-15-29-16-12-26-11-14-28(36)21-31(26)37-29;18-15-7-6-14(12-16(15)19)17(13-4-2-1-3-5-13)21-10-8-20-9-11-21/h3-12,14-16,20-21,32,40H,13,17-19,22-23H2,1-2H3,(H,38,39);1-7,12,17,20H,8-11H2/t32-;/m1./s1. The largest absolute Gasteiger partial charge is 0.481 e. The summed E-state index contributed by atoms with van der Waals surface area (Å²) in [6, 6.07) is 43.2. The Kier molecular flexibility index (Phi) is 15.5. The Labute approximate surface area is 385 Å². The molecule has 6 aromatic rings. The van der Waals surface area contributed by atoms with Gasteiger partial charge in [0.15, 0.2) is 0 Å². The number of hydrogen-bond acceptors (Lipinski definition) is 6. The third-order valence-electron chi connectivity index (χ3n) is 11.7. The molecule has 1 aliphatic carbocycles. The Morgan fingerprint density at radius 2 is 1.55 bits per heavy atom. The molecule has 8 rings (SSSR count). The number of pyridine rings is 1. The van der Waals surface area contributed by atoms with E-state index in [1.54, 1.807) is 0 Å². The molecule has 2 aliphatic rings. The van der Waals surface area contributed by atoms with Crippen molar-refractivity contribution in [2.45, 2.75) is 62.8 Å². The summed E-state index contributed by atoms with van der Waals surface area (Å²) in [5, 5.41) is 26.7. The number of fused-ring (bicyclic) bond motifs is 1. The van der Waals surface area contributed by atoms with Crippen LogP contribution in [0.25, 0.3) is 23.1 Å². The van der Waals surface area contributed by atoms with Crippen LogP contribution in [0.5, 0.6) is 0 Å². The maximum absolute atomic E-state index is 11.5. The third kappa shape index (κ3) is 12.5. The van der Waals surface area contributed by atoms with Gasteiger partial charge in [-0.2, -0.15) is 11.8 Å². The van der Waals surface area contributed by atoms with Crippen molar-refractivity contribution in [1.29, 1.82) is 0 Å². The highest BCUT2D eigenvalue weighted by atomic mass is 35.5. The lowest BCUT2D eigenvalue weighted by atomic mass is 9.90. The van der Waals surface area contributed by atoms with E-state index in [1.165, 1.54) is 16.7 Å². The van der Waals surface area contributed by atoms with Crippen molar-refractivity contribution >= 4 is 75.6 Å². The number of aromatic nitrogens is 1. The molecule has 1 aliphatic heterocycles. The third-order valence-corrected chi connectivity index (χ3v) is 14.4. The van der Waals surface area contributed by atoms with Gasteiger partial charge in [0.1, 0.15) is 0 Å². The van der Waals surface area contributed by atoms with E-state index in [0.29, 0.717) is 15.1 Å². The van der Waals surface area contributed by atoms with Crippen molar-refractivity contribution in [3.8, 4) is 0 Å². The number of rotatable bonds is 15. The first-order valence-corrected chi connectivity index (χ1v) is 23.5. The predicted octanol–water partition coefficient (Wildman–Crippen LogP) is 12.9. The first-order chi connectivity index (χ1) is 29.9. The summed E-state index contributed by atoms with van der Waals surface area (Å²) in [6.07, 6.45) is 8.02. The monoisotopic (exact) mass is 905 g/mol. The Balaban J connectivity index is 0.000000230. The highest BCUT2D eigenvalue weighted by molar-refractivity contribution is 7.99. The van der Waals surface area contributed by atoms with E-state index >= 15 is 0 Å². The summed E-state index contributed by atoms with van der Waals surface area (Å²) in [5.74, 6) is 0.122. The maximum Gasteiger partial charge on any atom is 0.303 e. The summed E-state index contributed by atoms with van der Waals surface area (Å²) >= 11 is 20.3. The Morgan fingerprint density at radius 3 is 2.27 bits per heavy atom. The van der Waals surface area contributed by atoms with Gasteiger partial charge in [-0.1, -0.05) is 138 Å². The minimum Gasteiger partial charge on any atom is -0.481 e. The van der Waals surface area contributed by atoms with Crippen molar-refractivity contribution in [1.82, 2.24) is 15.2 Å². The van der Waals surface area contributed by atoms with Crippen molar-refractivity contribution in [3.63, 3.8) is 0 Å². The Morgan fingerprint density at radius 1 is 0.823 bits per heavy atom. The second-order valence-corrected chi connectivity index (χ2v) is 19.4. The minimum atomic E-state index is -0.911. The molecule has 1 saturated carbocycles. The molecule has 6 nitrogen and oxygen atoms in total. The van der Waals surface area contributed by atoms with Crippen LogP contribution in [0.2, 0.25) is 15.1 Å². The Bertz CT molecular complexity index is 2480. The van der Waals surface area contributed by atoms with Gasteiger partial charge in [-0.15, -0.1) is 0 Å². The second kappa shape index (κ2) is 21.0. The summed E-state index contributed by atoms with van der Waals surface area (Å²) in [5.41, 5.74) is 7.63. The zero-order valence-electron chi connectivity index (χ0n) is 35.2. The van der Waals surface area contributed by atoms with Crippen LogP contribution in [0.4, 0.5) is 0 Å². The fourth-order valence-electron chi connectivity index (χ4n) is 8.23. The fraction of sp³-hybridized carbons (Fsp3) is 0.308. The van der Waals surface area contributed by atoms with Gasteiger partial charge < -0.3 is 15.5 Å². The fourth-order valence-corrected chi connectivity index (χ4v) is 10.3. The number of piperazine rings is 1. The molecule has 0 amide bonds. The zero-order chi connectivity index (χ0) is 43.7. The molecule has 5 aromatic carbocycles. The van der Waals surface area contributed by atoms with E-state index in [2.05, 4.69) is 83.0 Å². The number of carboxylic acid groups (broad SMARTS) is 1. The van der Waals surface area contributed by atoms with Crippen molar-refractivity contribution < 1.29 is 15.0 Å². The van der Waals surface area contributed by atoms with E-state index in [-0.39, 0.29) is 23.1 Å². The van der Waals surface area contributed by atoms with Crippen LogP contribution >= 0.6 is 46.6 Å². The first-order valence-electron chi connectivity index (χ1n) is 21.3. The van der Waals surface area contributed by atoms with Gasteiger partial charge in [-0.05, 0) is 115 Å². The number of halogens is 3. The number of hydrogen-bond donors (Lipinski definition) is 3. The van der Waals surface area contributed by atoms with Crippen LogP contribution in [-0.4, -0.2) is 58.0 Å². The van der Waals surface area contributed by atoms with Gasteiger partial charge in [0, 0.05) is 47.6 Å². The normalized spacial score (nSPS) is 16.1. The van der Waals surface area contributed by atoms with E-state index in [1.807, 2.05) is 92.3 Å². The summed E-state index contributed by atoms with van der Waals surface area (Å²) in [7, 11) is 0. The number of carbonyl (C=O) groups is 1. The number of nitrogens with zero attached hydrogens (tertiary/aromatic N) is 2. The van der Waals surface area contributed by atoms with Crippen LogP contribution in [0.15, 0.2) is 127 Å². The van der Waals surface area contributed by atoms with Crippen LogP contribution < -0.4 is 5.32 Å². The average molecular weight is 907 g/mol. The molecule has 1 aromatic heterocycles. The van der Waals surface area contributed by atoms with Gasteiger partial charge in [-0.3, -0.25) is 9.69 Å². The number of thioether (sulfide) groups is 1. The molecule has 2 atom stereocenters. The number of nitrogens with one attached hydrogen (secondary N) is 1. The van der Waals surface area contributed by atoms with Gasteiger partial charge in [0.25, 0.3) is 0 Å². The minimum absolute atomic E-state index is 0.0814. The van der Waals surface area contributed by atoms with E-state index in [9.17, 15) is 15.0 Å². The van der Waals surface area contributed by atoms with Crippen LogP contribution in [0, 0.1) is 5.41 Å². The smallest absolute Gasteiger partial charge is 0.303 e. The van der Waals surface area contributed by atoms with E-state index in [0.717, 1.165) is 90.9 Å². The number of aryl methyl sites for hydroxylation is 1. The molecule has 10 heteroatoms. The average Bonchev–Trinajstić information content (AvgIpc) is 4.03. The molecule has 2 fully saturated rings. The lowest BCUT2D eigenvalue weighted by Crippen LogP contribution is -2.45. The molecule has 0 spiro atoms. The quantitative estimate of drug-likeness (QED) is 0.0946. The summed E-state index contributed by atoms with van der Waals surface area (Å²) < 4.78 is 0. The lowest BCUT2D eigenvalue weighted by Gasteiger charge is -2.35. The van der Waals surface area contributed by atoms with Gasteiger partial charge in [0.2, 0.25) is 0 Å². The van der Waals surface area contributed by atoms with Crippen molar-refractivity contribution in [2.75, 3.05) is 31.9 Å². The highest BCUT2D eigenvalue weighted by Crippen LogP contribution is 2.53. The molecule has 0 radical (unpaired) electrons. The van der Waals surface area contributed by atoms with Crippen molar-refractivity contribution in [2.24, 2.45) is 5.41 Å². The number of aliphatic hydroxyl groups is 1. The molecule has 322 valence electrons. The molecule has 3 N–H and O–H groups in total. The highest BCUT2D eigenvalue weighted by Gasteiger charge is 2.44. The lowest BCUT2D eigenvalue weighted by molar-refractivity contribution is -0.138. The molecule has 1 unspecified atom stereocenters. The maximum atomic E-state index is 11.5. The van der Waals surface area contributed by atoms with Gasteiger partial charge in [0.05, 0.1) is 39.3 Å². The van der Waals surface area contributed by atoms with Gasteiger partial charge >= 0.3 is 5.97 Å². The van der Waals surface area contributed by atoms with E-state index in [4.69, 9.17) is 39.8 Å². The molecule has 1 saturated heterocycles. The molecular weight excluding hydrogens is 853 g/mol. The van der Waals surface area contributed by atoms with Crippen molar-refractivity contribution in [3.05, 3.63) is 182 Å². The van der Waals surface area contributed by atoms with Crippen LogP contribution in [0.1, 0.15) is 89.9 Å². The topological polar surface area (TPSA) is 85.7 Å². The Hall–Kier alpha value is -4.18. The predicted molar refractivity (Wildman–Crippen MR) is 260 cm³/mol. The molecule has 62 heavy (non-hydrogen) atoms. The number of benzene rings is 5. The molecule has 0 bridgehead atoms. The number of aliphatic carboxylic acids is 1. The summed E-state index contributed by atoms with van der Waals surface area (Å²) in [4.78, 5) is 18.7. The van der Waals surface area contributed by atoms with E-state index < -0.39 is 11.6 Å². The SMILES string of the molecule is CC(C)(O)c1ccccc1CC[C@@H](SCC1(CC(=O)O)CC1)c1cccc(C=Cc2ccc3ccc(Cl)cc3n2)c1.Clc1ccc(C(c2ccccc2)N2CCNCC2)cc1Cl. The van der Waals surface area contributed by atoms with Crippen LogP contribution in [-0.2, 0) is 16.8 Å². The second-order valence-electron chi connectivity index (χ2n) is 17.0. The summed E-state index contributed by atoms with van der Waals surface area (Å²) in [6.45, 7) is 7.75.